The molecule has 0 radical (unpaired) electrons. The Morgan fingerprint density at radius 2 is 2.08 bits per heavy atom. The van der Waals surface area contributed by atoms with Crippen molar-refractivity contribution in [2.24, 2.45) is 0 Å². The van der Waals surface area contributed by atoms with Crippen molar-refractivity contribution in [1.82, 2.24) is 9.88 Å². The number of esters is 1. The smallest absolute Gasteiger partial charge is 0.350 e. The van der Waals surface area contributed by atoms with Crippen LogP contribution in [0.25, 0.3) is 0 Å². The molecule has 26 heavy (non-hydrogen) atoms. The molecule has 1 aromatic carbocycles. The molecule has 2 heterocycles. The fourth-order valence-electron chi connectivity index (χ4n) is 2.84. The summed E-state index contributed by atoms with van der Waals surface area (Å²) in [5.41, 5.74) is 1.41. The fraction of sp³-hybridized carbons (Fsp3) is 0.389. The highest BCUT2D eigenvalue weighted by Crippen LogP contribution is 2.31. The molecule has 0 saturated carbocycles. The Balaban J connectivity index is 1.78. The number of hydrogen-bond acceptors (Lipinski definition) is 5. The number of benzene rings is 1. The first-order chi connectivity index (χ1) is 12.4. The van der Waals surface area contributed by atoms with Gasteiger partial charge in [0.05, 0.1) is 18.8 Å². The van der Waals surface area contributed by atoms with Crippen LogP contribution in [0.2, 0.25) is 0 Å². The van der Waals surface area contributed by atoms with E-state index in [-0.39, 0.29) is 24.5 Å². The molecule has 1 atom stereocenters. The highest BCUT2D eigenvalue weighted by atomic mass is 32.1. The van der Waals surface area contributed by atoms with Crippen molar-refractivity contribution in [3.8, 4) is 0 Å². The Morgan fingerprint density at radius 1 is 1.38 bits per heavy atom. The van der Waals surface area contributed by atoms with E-state index in [1.54, 1.807) is 35.8 Å². The number of thiazole rings is 1. The largest absolute Gasteiger partial charge is 0.462 e. The van der Waals surface area contributed by atoms with E-state index in [1.807, 2.05) is 6.92 Å². The first-order valence-electron chi connectivity index (χ1n) is 8.37. The summed E-state index contributed by atoms with van der Waals surface area (Å²) < 4.78 is 18.1. The third-order valence-corrected chi connectivity index (χ3v) is 5.36. The Labute approximate surface area is 155 Å². The van der Waals surface area contributed by atoms with Crippen LogP contribution in [0.15, 0.2) is 24.3 Å². The molecule has 0 spiro atoms. The van der Waals surface area contributed by atoms with Gasteiger partial charge >= 0.3 is 12.0 Å². The van der Waals surface area contributed by atoms with E-state index in [0.29, 0.717) is 28.8 Å². The van der Waals surface area contributed by atoms with Gasteiger partial charge in [0.1, 0.15) is 10.7 Å². The van der Waals surface area contributed by atoms with Crippen molar-refractivity contribution in [3.63, 3.8) is 0 Å². The number of carbonyl (C=O) groups excluding carboxylic acids is 2. The number of hydrogen-bond donors (Lipinski definition) is 0. The number of urea groups is 1. The SMILES string of the molecule is CCOC(=O)c1sc(N2CC(C)N(Cc3ccc(F)cc3)C2=O)nc1C. The molecule has 1 aliphatic rings. The summed E-state index contributed by atoms with van der Waals surface area (Å²) in [7, 11) is 0. The number of ether oxygens (including phenoxy) is 1. The molecule has 6 nitrogen and oxygen atoms in total. The van der Waals surface area contributed by atoms with Crippen molar-refractivity contribution < 1.29 is 18.7 Å². The van der Waals surface area contributed by atoms with Crippen LogP contribution in [0.4, 0.5) is 14.3 Å². The molecule has 1 aliphatic heterocycles. The molecular formula is C18H20FN3O3S. The summed E-state index contributed by atoms with van der Waals surface area (Å²) in [5, 5.41) is 0.490. The summed E-state index contributed by atoms with van der Waals surface area (Å²) in [6.07, 6.45) is 0. The van der Waals surface area contributed by atoms with Gasteiger partial charge in [-0.05, 0) is 38.5 Å². The topological polar surface area (TPSA) is 62.7 Å². The molecule has 2 amide bonds. The van der Waals surface area contributed by atoms with Gasteiger partial charge in [-0.3, -0.25) is 4.90 Å². The summed E-state index contributed by atoms with van der Waals surface area (Å²) in [5.74, 6) is -0.724. The average molecular weight is 377 g/mol. The fourth-order valence-corrected chi connectivity index (χ4v) is 3.80. The number of amides is 2. The van der Waals surface area contributed by atoms with Gasteiger partial charge in [-0.2, -0.15) is 0 Å². The second kappa shape index (κ2) is 7.41. The third kappa shape index (κ3) is 3.55. The summed E-state index contributed by atoms with van der Waals surface area (Å²) >= 11 is 1.16. The highest BCUT2D eigenvalue weighted by molar-refractivity contribution is 7.17. The Hall–Kier alpha value is -2.48. The van der Waals surface area contributed by atoms with Gasteiger partial charge in [0.15, 0.2) is 5.13 Å². The van der Waals surface area contributed by atoms with E-state index in [1.165, 1.54) is 12.1 Å². The molecule has 0 bridgehead atoms. The van der Waals surface area contributed by atoms with Gasteiger partial charge in [-0.25, -0.2) is 19.0 Å². The minimum atomic E-state index is -0.420. The standard InChI is InChI=1S/C18H20FN3O3S/c1-4-25-16(23)15-12(3)20-17(26-15)22-9-11(2)21(18(22)24)10-13-5-7-14(19)8-6-13/h5-8,11H,4,9-10H2,1-3H3. The van der Waals surface area contributed by atoms with Crippen molar-refractivity contribution in [3.05, 3.63) is 46.2 Å². The monoisotopic (exact) mass is 377 g/mol. The van der Waals surface area contributed by atoms with E-state index < -0.39 is 5.97 Å². The van der Waals surface area contributed by atoms with E-state index >= 15 is 0 Å². The zero-order chi connectivity index (χ0) is 18.8. The highest BCUT2D eigenvalue weighted by Gasteiger charge is 2.37. The Morgan fingerprint density at radius 3 is 2.73 bits per heavy atom. The minimum Gasteiger partial charge on any atom is -0.462 e. The van der Waals surface area contributed by atoms with Crippen LogP contribution in [0.3, 0.4) is 0 Å². The molecule has 8 heteroatoms. The third-order valence-electron chi connectivity index (χ3n) is 4.20. The molecule has 1 saturated heterocycles. The van der Waals surface area contributed by atoms with Crippen LogP contribution < -0.4 is 4.90 Å². The molecule has 0 N–H and O–H groups in total. The maximum absolute atomic E-state index is 13.1. The lowest BCUT2D eigenvalue weighted by molar-refractivity contribution is 0.0531. The molecular weight excluding hydrogens is 357 g/mol. The van der Waals surface area contributed by atoms with E-state index in [9.17, 15) is 14.0 Å². The van der Waals surface area contributed by atoms with Crippen molar-refractivity contribution in [1.29, 1.82) is 0 Å². The predicted octanol–water partition coefficient (Wildman–Crippen LogP) is 3.60. The van der Waals surface area contributed by atoms with E-state index in [2.05, 4.69) is 4.98 Å². The second-order valence-electron chi connectivity index (χ2n) is 6.13. The molecule has 0 aliphatic carbocycles. The predicted molar refractivity (Wildman–Crippen MR) is 97.0 cm³/mol. The molecule has 2 aromatic rings. The number of anilines is 1. The normalized spacial score (nSPS) is 17.1. The first kappa shape index (κ1) is 18.3. The van der Waals surface area contributed by atoms with E-state index in [0.717, 1.165) is 16.9 Å². The first-order valence-corrected chi connectivity index (χ1v) is 9.19. The Kier molecular flexibility index (Phi) is 5.22. The van der Waals surface area contributed by atoms with Gasteiger partial charge in [-0.1, -0.05) is 23.5 Å². The molecule has 3 rings (SSSR count). The summed E-state index contributed by atoms with van der Waals surface area (Å²) in [4.78, 5) is 32.9. The van der Waals surface area contributed by atoms with Gasteiger partial charge in [0.25, 0.3) is 0 Å². The van der Waals surface area contributed by atoms with Crippen LogP contribution in [-0.2, 0) is 11.3 Å². The number of nitrogens with zero attached hydrogens (tertiary/aromatic N) is 3. The number of carbonyl (C=O) groups is 2. The number of aromatic nitrogens is 1. The zero-order valence-corrected chi connectivity index (χ0v) is 15.7. The van der Waals surface area contributed by atoms with Gasteiger partial charge < -0.3 is 9.64 Å². The molecule has 1 aromatic heterocycles. The molecule has 138 valence electrons. The second-order valence-corrected chi connectivity index (χ2v) is 7.11. The lowest BCUT2D eigenvalue weighted by atomic mass is 10.2. The number of aryl methyl sites for hydroxylation is 1. The van der Waals surface area contributed by atoms with E-state index in [4.69, 9.17) is 4.74 Å². The zero-order valence-electron chi connectivity index (χ0n) is 14.9. The van der Waals surface area contributed by atoms with Crippen LogP contribution >= 0.6 is 11.3 Å². The average Bonchev–Trinajstić information content (AvgIpc) is 3.12. The lowest BCUT2D eigenvalue weighted by Crippen LogP contribution is -2.33. The van der Waals surface area contributed by atoms with Crippen LogP contribution in [-0.4, -0.2) is 41.1 Å². The van der Waals surface area contributed by atoms with Gasteiger partial charge in [0.2, 0.25) is 0 Å². The van der Waals surface area contributed by atoms with Crippen LogP contribution in [0.1, 0.15) is 34.8 Å². The Bertz CT molecular complexity index is 822. The van der Waals surface area contributed by atoms with Crippen molar-refractivity contribution >= 4 is 28.5 Å². The van der Waals surface area contributed by atoms with Crippen LogP contribution in [0, 0.1) is 12.7 Å². The molecule has 1 fully saturated rings. The summed E-state index contributed by atoms with van der Waals surface area (Å²) in [6.45, 7) is 6.59. The quantitative estimate of drug-likeness (QED) is 0.747. The number of rotatable bonds is 5. The van der Waals surface area contributed by atoms with Gasteiger partial charge in [-0.15, -0.1) is 0 Å². The maximum Gasteiger partial charge on any atom is 0.350 e. The van der Waals surface area contributed by atoms with Gasteiger partial charge in [0, 0.05) is 12.6 Å². The maximum atomic E-state index is 13.1. The molecule has 1 unspecified atom stereocenters. The lowest BCUT2D eigenvalue weighted by Gasteiger charge is -2.20. The van der Waals surface area contributed by atoms with Crippen LogP contribution in [0.5, 0.6) is 0 Å². The number of halogens is 1. The summed E-state index contributed by atoms with van der Waals surface area (Å²) in [6, 6.07) is 5.91. The minimum absolute atomic E-state index is 0.0252. The van der Waals surface area contributed by atoms with Crippen molar-refractivity contribution in [2.45, 2.75) is 33.4 Å². The van der Waals surface area contributed by atoms with Crippen molar-refractivity contribution in [2.75, 3.05) is 18.1 Å².